The van der Waals surface area contributed by atoms with Crippen molar-refractivity contribution in [3.8, 4) is 5.75 Å². The summed E-state index contributed by atoms with van der Waals surface area (Å²) in [5, 5.41) is 1.99. The number of thiophene rings is 1. The summed E-state index contributed by atoms with van der Waals surface area (Å²) in [6, 6.07) is 21.3. The van der Waals surface area contributed by atoms with Gasteiger partial charge in [-0.15, -0.1) is 11.3 Å². The van der Waals surface area contributed by atoms with E-state index >= 15 is 0 Å². The van der Waals surface area contributed by atoms with E-state index in [2.05, 4.69) is 11.5 Å². The minimum Gasteiger partial charge on any atom is -0.497 e. The third-order valence-corrected chi connectivity index (χ3v) is 5.16. The standard InChI is InChI=1S/C22H21NO3S/c1-16(22(24)26-3)21(20-10-7-15-27-20)23(17-8-5-4-6-9-17)18-11-13-19(25-2)14-12-18/h4-15,21H,1H2,2-3H3. The molecular weight excluding hydrogens is 358 g/mol. The van der Waals surface area contributed by atoms with Crippen molar-refractivity contribution in [3.63, 3.8) is 0 Å². The van der Waals surface area contributed by atoms with Gasteiger partial charge in [0.05, 0.1) is 19.8 Å². The van der Waals surface area contributed by atoms with Crippen LogP contribution in [0.3, 0.4) is 0 Å². The molecule has 0 N–H and O–H groups in total. The van der Waals surface area contributed by atoms with Gasteiger partial charge in [0.25, 0.3) is 0 Å². The summed E-state index contributed by atoms with van der Waals surface area (Å²) in [6.07, 6.45) is 0. The normalized spacial score (nSPS) is 11.5. The number of methoxy groups -OCH3 is 2. The van der Waals surface area contributed by atoms with Crippen LogP contribution in [0, 0.1) is 0 Å². The first-order valence-corrected chi connectivity index (χ1v) is 9.32. The molecule has 1 unspecified atom stereocenters. The molecule has 3 rings (SSSR count). The molecule has 1 atom stereocenters. The average molecular weight is 379 g/mol. The molecule has 0 saturated carbocycles. The zero-order valence-electron chi connectivity index (χ0n) is 15.3. The van der Waals surface area contributed by atoms with Gasteiger partial charge >= 0.3 is 5.97 Å². The van der Waals surface area contributed by atoms with Gasteiger partial charge in [-0.3, -0.25) is 0 Å². The molecule has 4 nitrogen and oxygen atoms in total. The van der Waals surface area contributed by atoms with Crippen molar-refractivity contribution < 1.29 is 14.3 Å². The minimum absolute atomic E-state index is 0.375. The number of rotatable bonds is 7. The van der Waals surface area contributed by atoms with Crippen LogP contribution in [0.4, 0.5) is 11.4 Å². The number of nitrogens with zero attached hydrogens (tertiary/aromatic N) is 1. The first kappa shape index (κ1) is 18.7. The number of carbonyl (C=O) groups excluding carboxylic acids is 1. The van der Waals surface area contributed by atoms with Gasteiger partial charge in [0.2, 0.25) is 0 Å². The number of benzene rings is 2. The Kier molecular flexibility index (Phi) is 5.94. The van der Waals surface area contributed by atoms with E-state index in [1.807, 2.05) is 72.1 Å². The Balaban J connectivity index is 2.16. The monoisotopic (exact) mass is 379 g/mol. The summed E-state index contributed by atoms with van der Waals surface area (Å²) < 4.78 is 10.3. The lowest BCUT2D eigenvalue weighted by Gasteiger charge is -2.34. The Morgan fingerprint density at radius 1 is 0.963 bits per heavy atom. The van der Waals surface area contributed by atoms with Gasteiger partial charge in [0, 0.05) is 16.3 Å². The lowest BCUT2D eigenvalue weighted by Crippen LogP contribution is -2.28. The Labute approximate surface area is 163 Å². The molecule has 5 heteroatoms. The van der Waals surface area contributed by atoms with Crippen LogP contribution < -0.4 is 9.64 Å². The number of anilines is 2. The fraction of sp³-hybridized carbons (Fsp3) is 0.136. The van der Waals surface area contributed by atoms with Gasteiger partial charge in [0.1, 0.15) is 11.8 Å². The van der Waals surface area contributed by atoms with Crippen molar-refractivity contribution in [1.82, 2.24) is 0 Å². The molecule has 1 aromatic heterocycles. The van der Waals surface area contributed by atoms with Gasteiger partial charge in [0.15, 0.2) is 0 Å². The fourth-order valence-corrected chi connectivity index (χ4v) is 3.77. The number of carbonyl (C=O) groups is 1. The summed E-state index contributed by atoms with van der Waals surface area (Å²) in [6.45, 7) is 4.05. The first-order valence-electron chi connectivity index (χ1n) is 8.44. The van der Waals surface area contributed by atoms with E-state index in [4.69, 9.17) is 9.47 Å². The van der Waals surface area contributed by atoms with Crippen molar-refractivity contribution in [1.29, 1.82) is 0 Å². The molecule has 3 aromatic rings. The number of para-hydroxylation sites is 1. The molecule has 0 fully saturated rings. The average Bonchev–Trinajstić information content (AvgIpc) is 3.26. The van der Waals surface area contributed by atoms with Crippen molar-refractivity contribution in [3.05, 3.63) is 89.1 Å². The largest absolute Gasteiger partial charge is 0.497 e. The van der Waals surface area contributed by atoms with E-state index in [-0.39, 0.29) is 6.04 Å². The second-order valence-corrected chi connectivity index (χ2v) is 6.82. The maximum Gasteiger partial charge on any atom is 0.335 e. The van der Waals surface area contributed by atoms with Gasteiger partial charge in [-0.2, -0.15) is 0 Å². The predicted octanol–water partition coefficient (Wildman–Crippen LogP) is 5.37. The summed E-state index contributed by atoms with van der Waals surface area (Å²) in [4.78, 5) is 15.4. The topological polar surface area (TPSA) is 38.8 Å². The second-order valence-electron chi connectivity index (χ2n) is 5.84. The molecule has 0 spiro atoms. The molecule has 0 aliphatic rings. The van der Waals surface area contributed by atoms with Crippen LogP contribution in [0.5, 0.6) is 5.75 Å². The van der Waals surface area contributed by atoms with E-state index in [0.717, 1.165) is 22.0 Å². The first-order chi connectivity index (χ1) is 13.2. The fourth-order valence-electron chi connectivity index (χ4n) is 2.92. The third kappa shape index (κ3) is 4.04. The van der Waals surface area contributed by atoms with Crippen molar-refractivity contribution >= 4 is 28.7 Å². The summed E-state index contributed by atoms with van der Waals surface area (Å²) in [5.74, 6) is 0.342. The highest BCUT2D eigenvalue weighted by Gasteiger charge is 2.30. The quantitative estimate of drug-likeness (QED) is 0.409. The predicted molar refractivity (Wildman–Crippen MR) is 110 cm³/mol. The van der Waals surface area contributed by atoms with Crippen molar-refractivity contribution in [2.75, 3.05) is 19.1 Å². The molecule has 0 saturated heterocycles. The van der Waals surface area contributed by atoms with Crippen LogP contribution in [0.1, 0.15) is 10.9 Å². The lowest BCUT2D eigenvalue weighted by molar-refractivity contribution is -0.136. The molecule has 1 heterocycles. The van der Waals surface area contributed by atoms with Gasteiger partial charge < -0.3 is 14.4 Å². The van der Waals surface area contributed by atoms with Crippen LogP contribution in [0.2, 0.25) is 0 Å². The molecule has 0 amide bonds. The molecule has 0 aliphatic carbocycles. The number of esters is 1. The van der Waals surface area contributed by atoms with Gasteiger partial charge in [-0.25, -0.2) is 4.79 Å². The van der Waals surface area contributed by atoms with Gasteiger partial charge in [-0.05, 0) is 47.8 Å². The SMILES string of the molecule is C=C(C(=O)OC)C(c1cccs1)N(c1ccccc1)c1ccc(OC)cc1. The highest BCUT2D eigenvalue weighted by atomic mass is 32.1. The van der Waals surface area contributed by atoms with E-state index in [0.29, 0.717) is 5.57 Å². The number of ether oxygens (including phenoxy) is 2. The molecule has 138 valence electrons. The number of hydrogen-bond acceptors (Lipinski definition) is 5. The van der Waals surface area contributed by atoms with Crippen LogP contribution in [0.25, 0.3) is 0 Å². The molecule has 2 aromatic carbocycles. The molecule has 0 aliphatic heterocycles. The van der Waals surface area contributed by atoms with Crippen molar-refractivity contribution in [2.45, 2.75) is 6.04 Å². The van der Waals surface area contributed by atoms with E-state index < -0.39 is 5.97 Å². The highest BCUT2D eigenvalue weighted by Crippen LogP contribution is 2.41. The van der Waals surface area contributed by atoms with E-state index in [9.17, 15) is 4.79 Å². The summed E-state index contributed by atoms with van der Waals surface area (Å²) in [5.41, 5.74) is 2.25. The Morgan fingerprint density at radius 3 is 2.19 bits per heavy atom. The smallest absolute Gasteiger partial charge is 0.335 e. The van der Waals surface area contributed by atoms with Crippen LogP contribution in [-0.2, 0) is 9.53 Å². The zero-order valence-corrected chi connectivity index (χ0v) is 16.1. The van der Waals surface area contributed by atoms with Crippen LogP contribution in [-0.4, -0.2) is 20.2 Å². The Morgan fingerprint density at radius 2 is 1.63 bits per heavy atom. The number of hydrogen-bond donors (Lipinski definition) is 0. The van der Waals surface area contributed by atoms with Crippen LogP contribution in [0.15, 0.2) is 84.3 Å². The Bertz CT molecular complexity index is 889. The maximum atomic E-state index is 12.4. The summed E-state index contributed by atoms with van der Waals surface area (Å²) >= 11 is 1.58. The van der Waals surface area contributed by atoms with Crippen LogP contribution >= 0.6 is 11.3 Å². The minimum atomic E-state index is -0.428. The zero-order chi connectivity index (χ0) is 19.2. The van der Waals surface area contributed by atoms with Gasteiger partial charge in [-0.1, -0.05) is 30.8 Å². The molecule has 0 bridgehead atoms. The second kappa shape index (κ2) is 8.56. The molecular formula is C22H21NO3S. The Hall–Kier alpha value is -3.05. The highest BCUT2D eigenvalue weighted by molar-refractivity contribution is 7.10. The molecule has 27 heavy (non-hydrogen) atoms. The lowest BCUT2D eigenvalue weighted by atomic mass is 10.0. The van der Waals surface area contributed by atoms with E-state index in [1.165, 1.54) is 7.11 Å². The van der Waals surface area contributed by atoms with E-state index in [1.54, 1.807) is 18.4 Å². The maximum absolute atomic E-state index is 12.4. The summed E-state index contributed by atoms with van der Waals surface area (Å²) in [7, 11) is 3.01. The molecule has 0 radical (unpaired) electrons. The third-order valence-electron chi connectivity index (χ3n) is 4.23. The van der Waals surface area contributed by atoms with Crippen molar-refractivity contribution in [2.24, 2.45) is 0 Å².